The number of imidazole rings is 1. The Morgan fingerprint density at radius 1 is 1.19 bits per heavy atom. The molecule has 1 aliphatic rings. The van der Waals surface area contributed by atoms with Gasteiger partial charge in [-0.3, -0.25) is 9.59 Å². The minimum atomic E-state index is -0.481. The predicted octanol–water partition coefficient (Wildman–Crippen LogP) is 3.29. The normalized spacial score (nSPS) is 14.2. The standard InChI is InChI=1S/C19H13FN4O2/c20-12-3-1-2-11(8-12)18(25)23-13-4-5-16-14(9-13)15(19(26)24-16)10-17-21-6-7-22-17/h1-10H,(H,21,22)(H,23,25)(H,24,26). The van der Waals surface area contributed by atoms with Gasteiger partial charge in [-0.05, 0) is 42.5 Å². The first-order valence-corrected chi connectivity index (χ1v) is 7.84. The topological polar surface area (TPSA) is 86.9 Å². The molecular formula is C19H13FN4O2. The average Bonchev–Trinajstić information content (AvgIpc) is 3.24. The highest BCUT2D eigenvalue weighted by molar-refractivity contribution is 6.35. The van der Waals surface area contributed by atoms with Crippen LogP contribution in [-0.4, -0.2) is 21.8 Å². The van der Waals surface area contributed by atoms with Gasteiger partial charge in [0.1, 0.15) is 11.6 Å². The number of rotatable bonds is 3. The minimum absolute atomic E-state index is 0.214. The van der Waals surface area contributed by atoms with Crippen molar-refractivity contribution in [3.63, 3.8) is 0 Å². The maximum absolute atomic E-state index is 13.3. The van der Waals surface area contributed by atoms with Gasteiger partial charge < -0.3 is 15.6 Å². The molecular weight excluding hydrogens is 335 g/mol. The van der Waals surface area contributed by atoms with Crippen LogP contribution in [0.1, 0.15) is 21.7 Å². The summed E-state index contributed by atoms with van der Waals surface area (Å²) < 4.78 is 13.3. The molecule has 128 valence electrons. The van der Waals surface area contributed by atoms with E-state index in [2.05, 4.69) is 20.6 Å². The second-order valence-corrected chi connectivity index (χ2v) is 5.71. The number of fused-ring (bicyclic) bond motifs is 1. The van der Waals surface area contributed by atoms with Crippen molar-refractivity contribution in [1.82, 2.24) is 9.97 Å². The largest absolute Gasteiger partial charge is 0.345 e. The van der Waals surface area contributed by atoms with Crippen molar-refractivity contribution in [3.8, 4) is 0 Å². The summed E-state index contributed by atoms with van der Waals surface area (Å²) in [6.07, 6.45) is 4.89. The van der Waals surface area contributed by atoms with Gasteiger partial charge in [-0.2, -0.15) is 0 Å². The minimum Gasteiger partial charge on any atom is -0.345 e. The Labute approximate surface area is 147 Å². The van der Waals surface area contributed by atoms with Crippen LogP contribution in [0.25, 0.3) is 11.6 Å². The van der Waals surface area contributed by atoms with Crippen molar-refractivity contribution in [3.05, 3.63) is 77.6 Å². The van der Waals surface area contributed by atoms with E-state index in [1.807, 2.05) is 0 Å². The van der Waals surface area contributed by atoms with Crippen LogP contribution < -0.4 is 10.6 Å². The van der Waals surface area contributed by atoms with Gasteiger partial charge in [0.25, 0.3) is 11.8 Å². The quantitative estimate of drug-likeness (QED) is 0.635. The number of carbonyl (C=O) groups excluding carboxylic acids is 2. The molecule has 0 saturated heterocycles. The molecule has 0 saturated carbocycles. The molecule has 0 unspecified atom stereocenters. The van der Waals surface area contributed by atoms with Gasteiger partial charge in [-0.15, -0.1) is 0 Å². The van der Waals surface area contributed by atoms with Gasteiger partial charge in [-0.1, -0.05) is 6.07 Å². The van der Waals surface area contributed by atoms with E-state index < -0.39 is 11.7 Å². The highest BCUT2D eigenvalue weighted by Crippen LogP contribution is 2.34. The zero-order chi connectivity index (χ0) is 18.1. The third-order valence-corrected chi connectivity index (χ3v) is 3.95. The van der Waals surface area contributed by atoms with Crippen LogP contribution in [-0.2, 0) is 4.79 Å². The van der Waals surface area contributed by atoms with E-state index in [-0.39, 0.29) is 11.5 Å². The molecule has 4 rings (SSSR count). The second kappa shape index (κ2) is 6.29. The number of H-pyrrole nitrogens is 1. The molecule has 1 aliphatic heterocycles. The average molecular weight is 348 g/mol. The molecule has 0 atom stereocenters. The lowest BCUT2D eigenvalue weighted by Crippen LogP contribution is -2.12. The number of nitrogens with zero attached hydrogens (tertiary/aromatic N) is 1. The first kappa shape index (κ1) is 15.8. The molecule has 26 heavy (non-hydrogen) atoms. The number of aromatic amines is 1. The van der Waals surface area contributed by atoms with Crippen molar-refractivity contribution >= 4 is 34.8 Å². The highest BCUT2D eigenvalue weighted by atomic mass is 19.1. The van der Waals surface area contributed by atoms with Gasteiger partial charge in [0.15, 0.2) is 0 Å². The van der Waals surface area contributed by atoms with Gasteiger partial charge in [0.2, 0.25) is 0 Å². The fraction of sp³-hybridized carbons (Fsp3) is 0. The van der Waals surface area contributed by atoms with Crippen LogP contribution in [0, 0.1) is 5.82 Å². The fourth-order valence-electron chi connectivity index (χ4n) is 2.74. The first-order chi connectivity index (χ1) is 12.6. The maximum atomic E-state index is 13.3. The monoisotopic (exact) mass is 348 g/mol. The van der Waals surface area contributed by atoms with E-state index in [0.29, 0.717) is 28.3 Å². The van der Waals surface area contributed by atoms with Crippen LogP contribution in [0.2, 0.25) is 0 Å². The lowest BCUT2D eigenvalue weighted by Gasteiger charge is -2.07. The van der Waals surface area contributed by atoms with E-state index in [1.54, 1.807) is 36.7 Å². The molecule has 2 aromatic carbocycles. The van der Waals surface area contributed by atoms with Crippen molar-refractivity contribution in [2.75, 3.05) is 10.6 Å². The zero-order valence-corrected chi connectivity index (χ0v) is 13.4. The molecule has 6 nitrogen and oxygen atoms in total. The molecule has 2 amide bonds. The number of anilines is 2. The van der Waals surface area contributed by atoms with Gasteiger partial charge >= 0.3 is 0 Å². The number of aromatic nitrogens is 2. The summed E-state index contributed by atoms with van der Waals surface area (Å²) in [7, 11) is 0. The third-order valence-electron chi connectivity index (χ3n) is 3.95. The number of halogens is 1. The Morgan fingerprint density at radius 3 is 2.85 bits per heavy atom. The molecule has 3 N–H and O–H groups in total. The Morgan fingerprint density at radius 2 is 2.08 bits per heavy atom. The summed E-state index contributed by atoms with van der Waals surface area (Å²) in [6.45, 7) is 0. The first-order valence-electron chi connectivity index (χ1n) is 7.84. The van der Waals surface area contributed by atoms with Crippen LogP contribution in [0.15, 0.2) is 54.9 Å². The lowest BCUT2D eigenvalue weighted by molar-refractivity contribution is -0.110. The summed E-state index contributed by atoms with van der Waals surface area (Å²) in [5.41, 5.74) is 2.46. The number of amides is 2. The number of benzene rings is 2. The molecule has 3 aromatic rings. The highest BCUT2D eigenvalue weighted by Gasteiger charge is 2.25. The molecule has 0 fully saturated rings. The number of nitrogens with one attached hydrogen (secondary N) is 3. The van der Waals surface area contributed by atoms with Crippen molar-refractivity contribution in [2.45, 2.75) is 0 Å². The van der Waals surface area contributed by atoms with E-state index in [9.17, 15) is 14.0 Å². The van der Waals surface area contributed by atoms with Gasteiger partial charge in [0, 0.05) is 34.9 Å². The molecule has 0 radical (unpaired) electrons. The van der Waals surface area contributed by atoms with Gasteiger partial charge in [-0.25, -0.2) is 9.37 Å². The molecule has 1 aromatic heterocycles. The zero-order valence-electron chi connectivity index (χ0n) is 13.4. The van der Waals surface area contributed by atoms with Crippen LogP contribution >= 0.6 is 0 Å². The Balaban J connectivity index is 1.64. The van der Waals surface area contributed by atoms with Crippen LogP contribution in [0.3, 0.4) is 0 Å². The molecule has 0 aliphatic carbocycles. The maximum Gasteiger partial charge on any atom is 0.256 e. The smallest absolute Gasteiger partial charge is 0.256 e. The Kier molecular flexibility index (Phi) is 3.81. The number of carbonyl (C=O) groups is 2. The SMILES string of the molecule is O=C1Nc2ccc(NC(=O)c3cccc(F)c3)cc2C1=Cc1ncc[nH]1. The van der Waals surface area contributed by atoms with Crippen LogP contribution in [0.5, 0.6) is 0 Å². The lowest BCUT2D eigenvalue weighted by atomic mass is 10.1. The van der Waals surface area contributed by atoms with Crippen molar-refractivity contribution in [2.24, 2.45) is 0 Å². The second-order valence-electron chi connectivity index (χ2n) is 5.71. The van der Waals surface area contributed by atoms with Crippen molar-refractivity contribution in [1.29, 1.82) is 0 Å². The summed E-state index contributed by atoms with van der Waals surface area (Å²) >= 11 is 0. The van der Waals surface area contributed by atoms with E-state index in [0.717, 1.165) is 6.07 Å². The molecule has 0 bridgehead atoms. The summed E-state index contributed by atoms with van der Waals surface area (Å²) in [5, 5.41) is 5.48. The summed E-state index contributed by atoms with van der Waals surface area (Å²) in [5.74, 6) is -0.606. The predicted molar refractivity (Wildman–Crippen MR) is 95.9 cm³/mol. The summed E-state index contributed by atoms with van der Waals surface area (Å²) in [6, 6.07) is 10.5. The Bertz CT molecular complexity index is 1040. The third kappa shape index (κ3) is 2.98. The van der Waals surface area contributed by atoms with E-state index >= 15 is 0 Å². The Hall–Kier alpha value is -3.74. The van der Waals surface area contributed by atoms with Crippen molar-refractivity contribution < 1.29 is 14.0 Å². The van der Waals surface area contributed by atoms with E-state index in [1.165, 1.54) is 18.2 Å². The van der Waals surface area contributed by atoms with E-state index in [4.69, 9.17) is 0 Å². The van der Waals surface area contributed by atoms with Gasteiger partial charge in [0.05, 0.1) is 5.57 Å². The number of hydrogen-bond donors (Lipinski definition) is 3. The summed E-state index contributed by atoms with van der Waals surface area (Å²) in [4.78, 5) is 31.5. The molecule has 7 heteroatoms. The molecule has 0 spiro atoms. The fourth-order valence-corrected chi connectivity index (χ4v) is 2.74. The molecule has 2 heterocycles. The van der Waals surface area contributed by atoms with Crippen LogP contribution in [0.4, 0.5) is 15.8 Å². The number of hydrogen-bond acceptors (Lipinski definition) is 3.